The Morgan fingerprint density at radius 1 is 1.00 bits per heavy atom. The van der Waals surface area contributed by atoms with Gasteiger partial charge in [0.05, 0.1) is 19.2 Å². The van der Waals surface area contributed by atoms with E-state index in [1.807, 2.05) is 0 Å². The molecule has 0 saturated carbocycles. The normalized spacial score (nSPS) is 11.6. The van der Waals surface area contributed by atoms with Crippen LogP contribution >= 0.6 is 34.8 Å². The number of nitrogens with one attached hydrogen (secondary N) is 1. The number of carbonyl (C=O) groups excluding carboxylic acids is 1. The molecule has 8 heteroatoms. The Labute approximate surface area is 167 Å². The highest BCUT2D eigenvalue weighted by Gasteiger charge is 2.17. The number of hydrogen-bond donors (Lipinski definition) is 1. The van der Waals surface area contributed by atoms with E-state index < -0.39 is 6.10 Å². The van der Waals surface area contributed by atoms with Crippen LogP contribution < -0.4 is 19.5 Å². The number of amides is 1. The van der Waals surface area contributed by atoms with Crippen LogP contribution in [-0.4, -0.2) is 26.2 Å². The molecule has 1 amide bonds. The van der Waals surface area contributed by atoms with Crippen molar-refractivity contribution in [3.05, 3.63) is 51.0 Å². The summed E-state index contributed by atoms with van der Waals surface area (Å²) in [5, 5.41) is 4.04. The van der Waals surface area contributed by atoms with Gasteiger partial charge < -0.3 is 19.5 Å². The standard InChI is InChI=1S/C18H18Cl3NO4/c1-10(26-15-5-4-12(19)7-14(15)21)18(23)22-9-11-6-16(24-2)17(25-3)8-13(11)20/h4-8,10H,9H2,1-3H3,(H,22,23). The summed E-state index contributed by atoms with van der Waals surface area (Å²) in [6.45, 7) is 1.83. The van der Waals surface area contributed by atoms with E-state index in [1.54, 1.807) is 37.3 Å². The number of hydrogen-bond acceptors (Lipinski definition) is 4. The Morgan fingerprint density at radius 2 is 1.65 bits per heavy atom. The predicted molar refractivity (Wildman–Crippen MR) is 103 cm³/mol. The van der Waals surface area contributed by atoms with Gasteiger partial charge in [0.25, 0.3) is 5.91 Å². The Bertz CT molecular complexity index is 798. The number of rotatable bonds is 7. The first-order chi connectivity index (χ1) is 12.3. The fraction of sp³-hybridized carbons (Fsp3) is 0.278. The highest BCUT2D eigenvalue weighted by Crippen LogP contribution is 2.33. The fourth-order valence-corrected chi connectivity index (χ4v) is 2.85. The van der Waals surface area contributed by atoms with E-state index in [9.17, 15) is 4.79 Å². The monoisotopic (exact) mass is 417 g/mol. The quantitative estimate of drug-likeness (QED) is 0.705. The van der Waals surface area contributed by atoms with Crippen molar-refractivity contribution in [3.63, 3.8) is 0 Å². The lowest BCUT2D eigenvalue weighted by Crippen LogP contribution is -2.36. The molecule has 0 saturated heterocycles. The summed E-state index contributed by atoms with van der Waals surface area (Å²) in [6, 6.07) is 8.14. The van der Waals surface area contributed by atoms with Crippen LogP contribution in [0.1, 0.15) is 12.5 Å². The van der Waals surface area contributed by atoms with Gasteiger partial charge in [-0.15, -0.1) is 0 Å². The summed E-state index contributed by atoms with van der Waals surface area (Å²) < 4.78 is 16.0. The molecule has 0 bridgehead atoms. The van der Waals surface area contributed by atoms with Crippen molar-refractivity contribution in [2.75, 3.05) is 14.2 Å². The number of ether oxygens (including phenoxy) is 3. The van der Waals surface area contributed by atoms with E-state index >= 15 is 0 Å². The maximum atomic E-state index is 12.3. The number of benzene rings is 2. The summed E-state index contributed by atoms with van der Waals surface area (Å²) in [4.78, 5) is 12.3. The summed E-state index contributed by atoms with van der Waals surface area (Å²) in [5.74, 6) is 1.10. The smallest absolute Gasteiger partial charge is 0.261 e. The third kappa shape index (κ3) is 5.10. The molecule has 2 aromatic rings. The minimum absolute atomic E-state index is 0.208. The molecule has 0 spiro atoms. The minimum atomic E-state index is -0.757. The Balaban J connectivity index is 2.01. The summed E-state index contributed by atoms with van der Waals surface area (Å²) in [6.07, 6.45) is -0.757. The molecule has 0 aliphatic rings. The first-order valence-electron chi connectivity index (χ1n) is 7.65. The zero-order valence-electron chi connectivity index (χ0n) is 14.4. The topological polar surface area (TPSA) is 56.8 Å². The summed E-state index contributed by atoms with van der Waals surface area (Å²) in [5.41, 5.74) is 0.689. The average molecular weight is 419 g/mol. The second-order valence-electron chi connectivity index (χ2n) is 5.35. The second kappa shape index (κ2) is 9.21. The zero-order valence-corrected chi connectivity index (χ0v) is 16.7. The minimum Gasteiger partial charge on any atom is -0.493 e. The van der Waals surface area contributed by atoms with Crippen molar-refractivity contribution in [2.45, 2.75) is 19.6 Å². The third-order valence-electron chi connectivity index (χ3n) is 3.57. The Hall–Kier alpha value is -1.82. The van der Waals surface area contributed by atoms with E-state index in [0.717, 1.165) is 0 Å². The molecular weight excluding hydrogens is 401 g/mol. The molecule has 0 fully saturated rings. The van der Waals surface area contributed by atoms with Crippen LogP contribution in [0.3, 0.4) is 0 Å². The van der Waals surface area contributed by atoms with E-state index in [0.29, 0.717) is 37.9 Å². The van der Waals surface area contributed by atoms with E-state index in [4.69, 9.17) is 49.0 Å². The molecule has 0 heterocycles. The van der Waals surface area contributed by atoms with Crippen LogP contribution in [0.4, 0.5) is 0 Å². The second-order valence-corrected chi connectivity index (χ2v) is 6.60. The van der Waals surface area contributed by atoms with E-state index in [-0.39, 0.29) is 12.5 Å². The molecule has 1 N–H and O–H groups in total. The van der Waals surface area contributed by atoms with Gasteiger partial charge in [-0.3, -0.25) is 4.79 Å². The Kier molecular flexibility index (Phi) is 7.26. The van der Waals surface area contributed by atoms with Crippen LogP contribution in [-0.2, 0) is 11.3 Å². The van der Waals surface area contributed by atoms with Crippen molar-refractivity contribution in [1.29, 1.82) is 0 Å². The van der Waals surface area contributed by atoms with Gasteiger partial charge in [0.1, 0.15) is 5.75 Å². The first-order valence-corrected chi connectivity index (χ1v) is 8.79. The molecule has 0 aromatic heterocycles. The number of halogens is 3. The van der Waals surface area contributed by atoms with E-state index in [1.165, 1.54) is 14.2 Å². The fourth-order valence-electron chi connectivity index (χ4n) is 2.17. The molecular formula is C18H18Cl3NO4. The van der Waals surface area contributed by atoms with Crippen molar-refractivity contribution in [1.82, 2.24) is 5.32 Å². The molecule has 5 nitrogen and oxygen atoms in total. The van der Waals surface area contributed by atoms with Crippen LogP contribution in [0.5, 0.6) is 17.2 Å². The van der Waals surface area contributed by atoms with Crippen LogP contribution in [0.15, 0.2) is 30.3 Å². The van der Waals surface area contributed by atoms with Gasteiger partial charge >= 0.3 is 0 Å². The van der Waals surface area contributed by atoms with E-state index in [2.05, 4.69) is 5.32 Å². The molecule has 2 rings (SSSR count). The Morgan fingerprint density at radius 3 is 2.27 bits per heavy atom. The van der Waals surface area contributed by atoms with Gasteiger partial charge in [-0.1, -0.05) is 34.8 Å². The van der Waals surface area contributed by atoms with Crippen molar-refractivity contribution in [2.24, 2.45) is 0 Å². The SMILES string of the molecule is COc1cc(Cl)c(CNC(=O)C(C)Oc2ccc(Cl)cc2Cl)cc1OC. The molecule has 0 aliphatic heterocycles. The molecule has 0 radical (unpaired) electrons. The highest BCUT2D eigenvalue weighted by molar-refractivity contribution is 6.35. The molecule has 2 aromatic carbocycles. The molecule has 140 valence electrons. The van der Waals surface area contributed by atoms with Gasteiger partial charge in [-0.2, -0.15) is 0 Å². The van der Waals surface area contributed by atoms with Gasteiger partial charge in [0, 0.05) is 22.7 Å². The predicted octanol–water partition coefficient (Wildman–Crippen LogP) is 4.75. The molecule has 26 heavy (non-hydrogen) atoms. The molecule has 0 aliphatic carbocycles. The maximum Gasteiger partial charge on any atom is 0.261 e. The highest BCUT2D eigenvalue weighted by atomic mass is 35.5. The van der Waals surface area contributed by atoms with Crippen LogP contribution in [0.2, 0.25) is 15.1 Å². The lowest BCUT2D eigenvalue weighted by atomic mass is 10.2. The largest absolute Gasteiger partial charge is 0.493 e. The molecule has 1 unspecified atom stereocenters. The number of methoxy groups -OCH3 is 2. The van der Waals surface area contributed by atoms with Crippen LogP contribution in [0, 0.1) is 0 Å². The first kappa shape index (κ1) is 20.5. The van der Waals surface area contributed by atoms with Crippen LogP contribution in [0.25, 0.3) is 0 Å². The van der Waals surface area contributed by atoms with Gasteiger partial charge in [-0.05, 0) is 36.8 Å². The summed E-state index contributed by atoms with van der Waals surface area (Å²) in [7, 11) is 3.05. The average Bonchev–Trinajstić information content (AvgIpc) is 2.62. The lowest BCUT2D eigenvalue weighted by Gasteiger charge is -2.17. The maximum absolute atomic E-state index is 12.3. The van der Waals surface area contributed by atoms with Gasteiger partial charge in [0.2, 0.25) is 0 Å². The molecule has 1 atom stereocenters. The lowest BCUT2D eigenvalue weighted by molar-refractivity contribution is -0.127. The van der Waals surface area contributed by atoms with Crippen molar-refractivity contribution < 1.29 is 19.0 Å². The third-order valence-corrected chi connectivity index (χ3v) is 4.45. The zero-order chi connectivity index (χ0) is 19.3. The van der Waals surface area contributed by atoms with Gasteiger partial charge in [-0.25, -0.2) is 0 Å². The van der Waals surface area contributed by atoms with Crippen molar-refractivity contribution >= 4 is 40.7 Å². The summed E-state index contributed by atoms with van der Waals surface area (Å²) >= 11 is 18.1. The number of carbonyl (C=O) groups is 1. The van der Waals surface area contributed by atoms with Gasteiger partial charge in [0.15, 0.2) is 17.6 Å². The van der Waals surface area contributed by atoms with Crippen molar-refractivity contribution in [3.8, 4) is 17.2 Å².